The summed E-state index contributed by atoms with van der Waals surface area (Å²) in [6.07, 6.45) is 0. The molecule has 0 aromatic carbocycles. The van der Waals surface area contributed by atoms with Crippen molar-refractivity contribution in [2.75, 3.05) is 11.9 Å². The topological polar surface area (TPSA) is 37.8 Å². The SMILES string of the molecule is Cc1nc(C)c(NCC(C)Cl)nc1C. The molecule has 4 heteroatoms. The summed E-state index contributed by atoms with van der Waals surface area (Å²) in [5.41, 5.74) is 2.86. The summed E-state index contributed by atoms with van der Waals surface area (Å²) in [6, 6.07) is 0. The fourth-order valence-corrected chi connectivity index (χ4v) is 1.20. The molecule has 1 aromatic rings. The average molecular weight is 214 g/mol. The molecule has 1 atom stereocenters. The van der Waals surface area contributed by atoms with Crippen LogP contribution in [0.5, 0.6) is 0 Å². The van der Waals surface area contributed by atoms with Gasteiger partial charge in [-0.3, -0.25) is 4.98 Å². The molecule has 0 amide bonds. The molecule has 0 spiro atoms. The second-order valence-corrected chi connectivity index (χ2v) is 4.24. The van der Waals surface area contributed by atoms with Gasteiger partial charge in [0.1, 0.15) is 5.82 Å². The number of hydrogen-bond donors (Lipinski definition) is 1. The lowest BCUT2D eigenvalue weighted by Crippen LogP contribution is -2.14. The molecule has 0 bridgehead atoms. The summed E-state index contributed by atoms with van der Waals surface area (Å²) < 4.78 is 0. The highest BCUT2D eigenvalue weighted by Gasteiger charge is 2.05. The monoisotopic (exact) mass is 213 g/mol. The third kappa shape index (κ3) is 2.84. The molecule has 1 rings (SSSR count). The smallest absolute Gasteiger partial charge is 0.147 e. The van der Waals surface area contributed by atoms with E-state index in [0.717, 1.165) is 22.9 Å². The van der Waals surface area contributed by atoms with Crippen molar-refractivity contribution in [3.8, 4) is 0 Å². The molecule has 0 radical (unpaired) electrons. The fraction of sp³-hybridized carbons (Fsp3) is 0.600. The Kier molecular flexibility index (Phi) is 3.69. The van der Waals surface area contributed by atoms with Gasteiger partial charge in [0, 0.05) is 11.9 Å². The van der Waals surface area contributed by atoms with Gasteiger partial charge >= 0.3 is 0 Å². The molecule has 0 fully saturated rings. The summed E-state index contributed by atoms with van der Waals surface area (Å²) in [4.78, 5) is 8.79. The molecule has 1 aromatic heterocycles. The first kappa shape index (κ1) is 11.2. The Morgan fingerprint density at radius 1 is 1.14 bits per heavy atom. The maximum Gasteiger partial charge on any atom is 0.147 e. The summed E-state index contributed by atoms with van der Waals surface area (Å²) in [5.74, 6) is 0.834. The number of halogens is 1. The minimum Gasteiger partial charge on any atom is -0.367 e. The van der Waals surface area contributed by atoms with E-state index < -0.39 is 0 Å². The third-order valence-corrected chi connectivity index (χ3v) is 2.19. The van der Waals surface area contributed by atoms with Crippen LogP contribution in [0.4, 0.5) is 5.82 Å². The number of aryl methyl sites for hydroxylation is 3. The van der Waals surface area contributed by atoms with Crippen molar-refractivity contribution in [2.24, 2.45) is 0 Å². The minimum atomic E-state index is 0.0952. The van der Waals surface area contributed by atoms with E-state index in [9.17, 15) is 0 Å². The van der Waals surface area contributed by atoms with E-state index in [4.69, 9.17) is 11.6 Å². The van der Waals surface area contributed by atoms with Crippen molar-refractivity contribution in [1.29, 1.82) is 0 Å². The first-order chi connectivity index (χ1) is 6.50. The van der Waals surface area contributed by atoms with E-state index in [2.05, 4.69) is 15.3 Å². The Morgan fingerprint density at radius 3 is 2.29 bits per heavy atom. The Hall–Kier alpha value is -0.830. The molecule has 0 saturated carbocycles. The zero-order valence-electron chi connectivity index (χ0n) is 9.06. The normalized spacial score (nSPS) is 12.6. The molecule has 0 aliphatic heterocycles. The maximum atomic E-state index is 5.84. The summed E-state index contributed by atoms with van der Waals surface area (Å²) in [7, 11) is 0. The van der Waals surface area contributed by atoms with Crippen LogP contribution in [0.1, 0.15) is 24.0 Å². The molecule has 0 aliphatic rings. The first-order valence-electron chi connectivity index (χ1n) is 4.70. The van der Waals surface area contributed by atoms with Crippen LogP contribution in [0.15, 0.2) is 0 Å². The quantitative estimate of drug-likeness (QED) is 0.784. The van der Waals surface area contributed by atoms with Gasteiger partial charge in [0.05, 0.1) is 17.1 Å². The highest BCUT2D eigenvalue weighted by Crippen LogP contribution is 2.12. The van der Waals surface area contributed by atoms with Crippen LogP contribution in [0, 0.1) is 20.8 Å². The predicted molar refractivity (Wildman–Crippen MR) is 60.0 cm³/mol. The van der Waals surface area contributed by atoms with Gasteiger partial charge in [-0.15, -0.1) is 11.6 Å². The van der Waals surface area contributed by atoms with E-state index in [1.807, 2.05) is 27.7 Å². The lowest BCUT2D eigenvalue weighted by molar-refractivity contribution is 0.942. The van der Waals surface area contributed by atoms with Crippen LogP contribution in [-0.2, 0) is 0 Å². The molecule has 1 unspecified atom stereocenters. The van der Waals surface area contributed by atoms with Crippen molar-refractivity contribution in [1.82, 2.24) is 9.97 Å². The Morgan fingerprint density at radius 2 is 1.71 bits per heavy atom. The van der Waals surface area contributed by atoms with Crippen LogP contribution in [0.2, 0.25) is 0 Å². The van der Waals surface area contributed by atoms with E-state index in [-0.39, 0.29) is 5.38 Å². The van der Waals surface area contributed by atoms with Gasteiger partial charge in [-0.25, -0.2) is 4.98 Å². The van der Waals surface area contributed by atoms with E-state index in [0.29, 0.717) is 6.54 Å². The summed E-state index contributed by atoms with van der Waals surface area (Å²) in [6.45, 7) is 8.51. The van der Waals surface area contributed by atoms with Gasteiger partial charge in [0.15, 0.2) is 0 Å². The van der Waals surface area contributed by atoms with Gasteiger partial charge in [0.25, 0.3) is 0 Å². The number of aromatic nitrogens is 2. The van der Waals surface area contributed by atoms with E-state index in [1.54, 1.807) is 0 Å². The van der Waals surface area contributed by atoms with E-state index >= 15 is 0 Å². The van der Waals surface area contributed by atoms with Gasteiger partial charge in [-0.1, -0.05) is 0 Å². The standard InChI is InChI=1S/C10H16ClN3/c1-6(11)5-12-10-9(4)13-7(2)8(3)14-10/h6H,5H2,1-4H3,(H,12,14). The second-order valence-electron chi connectivity index (χ2n) is 3.49. The minimum absolute atomic E-state index is 0.0952. The molecule has 14 heavy (non-hydrogen) atoms. The van der Waals surface area contributed by atoms with Crippen LogP contribution < -0.4 is 5.32 Å². The van der Waals surface area contributed by atoms with Crippen LogP contribution in [0.3, 0.4) is 0 Å². The van der Waals surface area contributed by atoms with Crippen molar-refractivity contribution in [3.05, 3.63) is 17.1 Å². The molecule has 3 nitrogen and oxygen atoms in total. The molecule has 0 aliphatic carbocycles. The third-order valence-electron chi connectivity index (χ3n) is 2.03. The van der Waals surface area contributed by atoms with Crippen molar-refractivity contribution < 1.29 is 0 Å². The van der Waals surface area contributed by atoms with Crippen molar-refractivity contribution in [3.63, 3.8) is 0 Å². The van der Waals surface area contributed by atoms with Crippen molar-refractivity contribution in [2.45, 2.75) is 33.1 Å². The molecule has 1 N–H and O–H groups in total. The van der Waals surface area contributed by atoms with Gasteiger partial charge < -0.3 is 5.32 Å². The van der Waals surface area contributed by atoms with Crippen molar-refractivity contribution >= 4 is 17.4 Å². The number of nitrogens with one attached hydrogen (secondary N) is 1. The van der Waals surface area contributed by atoms with Crippen LogP contribution in [0.25, 0.3) is 0 Å². The highest BCUT2D eigenvalue weighted by atomic mass is 35.5. The molecule has 78 valence electrons. The molecular weight excluding hydrogens is 198 g/mol. The summed E-state index contributed by atoms with van der Waals surface area (Å²) in [5, 5.41) is 3.27. The molecule has 0 saturated heterocycles. The number of nitrogens with zero attached hydrogens (tertiary/aromatic N) is 2. The zero-order valence-corrected chi connectivity index (χ0v) is 9.81. The van der Waals surface area contributed by atoms with Crippen LogP contribution in [-0.4, -0.2) is 21.9 Å². The van der Waals surface area contributed by atoms with Gasteiger partial charge in [-0.2, -0.15) is 0 Å². The Labute approximate surface area is 89.9 Å². The predicted octanol–water partition coefficient (Wildman–Crippen LogP) is 2.44. The fourth-order valence-electron chi connectivity index (χ4n) is 1.12. The lowest BCUT2D eigenvalue weighted by Gasteiger charge is -2.10. The number of anilines is 1. The number of rotatable bonds is 3. The Bertz CT molecular complexity index is 323. The van der Waals surface area contributed by atoms with E-state index in [1.165, 1.54) is 0 Å². The Balaban J connectivity index is 2.82. The molecular formula is C10H16ClN3. The summed E-state index contributed by atoms with van der Waals surface area (Å²) >= 11 is 5.84. The zero-order chi connectivity index (χ0) is 10.7. The lowest BCUT2D eigenvalue weighted by atomic mass is 10.3. The first-order valence-corrected chi connectivity index (χ1v) is 5.14. The van der Waals surface area contributed by atoms with Crippen LogP contribution >= 0.6 is 11.6 Å². The number of hydrogen-bond acceptors (Lipinski definition) is 3. The molecule has 1 heterocycles. The largest absolute Gasteiger partial charge is 0.367 e. The second kappa shape index (κ2) is 4.60. The van der Waals surface area contributed by atoms with Gasteiger partial charge in [-0.05, 0) is 27.7 Å². The maximum absolute atomic E-state index is 5.84. The number of alkyl halides is 1. The average Bonchev–Trinajstić information content (AvgIpc) is 2.09. The van der Waals surface area contributed by atoms with Gasteiger partial charge in [0.2, 0.25) is 0 Å². The highest BCUT2D eigenvalue weighted by molar-refractivity contribution is 6.20.